The van der Waals surface area contributed by atoms with Crippen molar-refractivity contribution in [2.75, 3.05) is 26.7 Å². The van der Waals surface area contributed by atoms with Gasteiger partial charge in [0.15, 0.2) is 0 Å². The van der Waals surface area contributed by atoms with Gasteiger partial charge in [0.1, 0.15) is 0 Å². The number of rotatable bonds is 6. The summed E-state index contributed by atoms with van der Waals surface area (Å²) in [4.78, 5) is 2.42. The van der Waals surface area contributed by atoms with Crippen LogP contribution in [0.1, 0.15) is 40.0 Å². The van der Waals surface area contributed by atoms with Gasteiger partial charge in [-0.15, -0.1) is 0 Å². The highest BCUT2D eigenvalue weighted by atomic mass is 16.5. The van der Waals surface area contributed by atoms with E-state index in [-0.39, 0.29) is 5.54 Å². The molecule has 0 aliphatic heterocycles. The van der Waals surface area contributed by atoms with Crippen LogP contribution in [0.5, 0.6) is 0 Å². The van der Waals surface area contributed by atoms with Crippen LogP contribution in [0.25, 0.3) is 0 Å². The lowest BCUT2D eigenvalue weighted by molar-refractivity contribution is 0.0354. The Balaban J connectivity index is 2.41. The molecular weight excluding hydrogens is 200 g/mol. The van der Waals surface area contributed by atoms with E-state index in [0.717, 1.165) is 25.6 Å². The normalized spacial score (nSPS) is 30.6. The molecule has 16 heavy (non-hydrogen) atoms. The predicted molar refractivity (Wildman–Crippen MR) is 68.5 cm³/mol. The minimum absolute atomic E-state index is 0.236. The van der Waals surface area contributed by atoms with Crippen molar-refractivity contribution < 1.29 is 4.74 Å². The minimum atomic E-state index is 0.236. The Bertz CT molecular complexity index is 208. The molecule has 1 saturated carbocycles. The summed E-state index contributed by atoms with van der Waals surface area (Å²) in [7, 11) is 2.19. The monoisotopic (exact) mass is 228 g/mol. The van der Waals surface area contributed by atoms with Gasteiger partial charge in [0.2, 0.25) is 0 Å². The average molecular weight is 228 g/mol. The van der Waals surface area contributed by atoms with Crippen molar-refractivity contribution >= 4 is 0 Å². The Labute approximate surface area is 100 Å². The molecule has 0 aromatic heterocycles. The van der Waals surface area contributed by atoms with E-state index in [0.29, 0.717) is 6.10 Å². The third-order valence-electron chi connectivity index (χ3n) is 3.90. The van der Waals surface area contributed by atoms with Crippen LogP contribution in [-0.4, -0.2) is 43.3 Å². The Morgan fingerprint density at radius 2 is 2.19 bits per heavy atom. The van der Waals surface area contributed by atoms with E-state index in [4.69, 9.17) is 10.5 Å². The van der Waals surface area contributed by atoms with E-state index >= 15 is 0 Å². The van der Waals surface area contributed by atoms with Crippen molar-refractivity contribution in [2.45, 2.75) is 51.7 Å². The van der Waals surface area contributed by atoms with E-state index in [1.807, 2.05) is 0 Å². The van der Waals surface area contributed by atoms with Gasteiger partial charge in [-0.25, -0.2) is 0 Å². The predicted octanol–water partition coefficient (Wildman–Crippen LogP) is 1.86. The molecule has 96 valence electrons. The largest absolute Gasteiger partial charge is 0.377 e. The molecule has 0 aromatic rings. The summed E-state index contributed by atoms with van der Waals surface area (Å²) in [5, 5.41) is 0. The fourth-order valence-electron chi connectivity index (χ4n) is 2.72. The molecule has 0 heterocycles. The summed E-state index contributed by atoms with van der Waals surface area (Å²) in [6, 6.07) is 0. The van der Waals surface area contributed by atoms with Crippen molar-refractivity contribution in [2.24, 2.45) is 11.7 Å². The second-order valence-electron chi connectivity index (χ2n) is 5.62. The molecule has 0 amide bonds. The Morgan fingerprint density at radius 3 is 2.62 bits per heavy atom. The summed E-state index contributed by atoms with van der Waals surface area (Å²) in [5.41, 5.74) is 6.22. The molecule has 0 radical (unpaired) electrons. The smallest absolute Gasteiger partial charge is 0.0597 e. The second kappa shape index (κ2) is 5.99. The highest BCUT2D eigenvalue weighted by Crippen LogP contribution is 2.37. The molecule has 0 aromatic carbocycles. The first-order chi connectivity index (χ1) is 7.50. The van der Waals surface area contributed by atoms with Crippen LogP contribution >= 0.6 is 0 Å². The van der Waals surface area contributed by atoms with Crippen LogP contribution in [-0.2, 0) is 4.74 Å². The molecule has 1 fully saturated rings. The molecule has 3 heteroatoms. The van der Waals surface area contributed by atoms with Gasteiger partial charge >= 0.3 is 0 Å². The number of likely N-dealkylation sites (N-methyl/N-ethyl adjacent to an activating group) is 1. The quantitative estimate of drug-likeness (QED) is 0.754. The number of nitrogens with two attached hydrogens (primary N) is 1. The van der Waals surface area contributed by atoms with Crippen LogP contribution < -0.4 is 5.73 Å². The van der Waals surface area contributed by atoms with Gasteiger partial charge in [-0.3, -0.25) is 4.90 Å². The van der Waals surface area contributed by atoms with Gasteiger partial charge < -0.3 is 10.5 Å². The number of hydrogen-bond acceptors (Lipinski definition) is 3. The van der Waals surface area contributed by atoms with Gasteiger partial charge in [-0.2, -0.15) is 0 Å². The number of hydrogen-bond donors (Lipinski definition) is 1. The maximum Gasteiger partial charge on any atom is 0.0597 e. The molecule has 0 saturated heterocycles. The summed E-state index contributed by atoms with van der Waals surface area (Å²) in [6.45, 7) is 9.06. The lowest BCUT2D eigenvalue weighted by atomic mass is 9.94. The van der Waals surface area contributed by atoms with Gasteiger partial charge in [-0.05, 0) is 46.1 Å². The van der Waals surface area contributed by atoms with E-state index in [2.05, 4.69) is 32.7 Å². The zero-order valence-corrected chi connectivity index (χ0v) is 11.3. The fraction of sp³-hybridized carbons (Fsp3) is 1.00. The third kappa shape index (κ3) is 3.44. The first-order valence-electron chi connectivity index (χ1n) is 6.53. The molecule has 1 aliphatic rings. The maximum atomic E-state index is 5.98. The molecule has 3 nitrogen and oxygen atoms in total. The van der Waals surface area contributed by atoms with E-state index in [1.54, 1.807) is 0 Å². The van der Waals surface area contributed by atoms with Gasteiger partial charge in [0.05, 0.1) is 12.7 Å². The summed E-state index contributed by atoms with van der Waals surface area (Å²) in [5.74, 6) is 0.817. The Hall–Kier alpha value is -0.120. The zero-order chi connectivity index (χ0) is 12.2. The summed E-state index contributed by atoms with van der Waals surface area (Å²) >= 11 is 0. The summed E-state index contributed by atoms with van der Waals surface area (Å²) < 4.78 is 5.61. The Kier molecular flexibility index (Phi) is 5.22. The highest BCUT2D eigenvalue weighted by Gasteiger charge is 2.39. The lowest BCUT2D eigenvalue weighted by Crippen LogP contribution is -2.51. The molecule has 0 spiro atoms. The first-order valence-corrected chi connectivity index (χ1v) is 6.53. The topological polar surface area (TPSA) is 38.5 Å². The van der Waals surface area contributed by atoms with Crippen molar-refractivity contribution in [1.82, 2.24) is 4.90 Å². The van der Waals surface area contributed by atoms with E-state index in [1.165, 1.54) is 19.3 Å². The highest BCUT2D eigenvalue weighted by molar-refractivity contribution is 4.96. The van der Waals surface area contributed by atoms with Crippen molar-refractivity contribution in [1.29, 1.82) is 0 Å². The van der Waals surface area contributed by atoms with Crippen LogP contribution in [0.4, 0.5) is 0 Å². The van der Waals surface area contributed by atoms with Crippen LogP contribution in [0.15, 0.2) is 0 Å². The second-order valence-corrected chi connectivity index (χ2v) is 5.62. The molecule has 1 aliphatic carbocycles. The molecule has 1 rings (SSSR count). The molecule has 2 unspecified atom stereocenters. The number of ether oxygens (including phenoxy) is 1. The lowest BCUT2D eigenvalue weighted by Gasteiger charge is -2.38. The number of nitrogens with zero attached hydrogens (tertiary/aromatic N) is 1. The SMILES string of the molecule is CC1CCC(CN)(N(C)CCOC(C)C)C1. The van der Waals surface area contributed by atoms with Gasteiger partial charge in [-0.1, -0.05) is 6.92 Å². The van der Waals surface area contributed by atoms with E-state index in [9.17, 15) is 0 Å². The van der Waals surface area contributed by atoms with Crippen molar-refractivity contribution in [3.05, 3.63) is 0 Å². The first kappa shape index (κ1) is 13.9. The molecule has 0 bridgehead atoms. The van der Waals surface area contributed by atoms with Gasteiger partial charge in [0.25, 0.3) is 0 Å². The standard InChI is InChI=1S/C13H28N2O/c1-11(2)16-8-7-15(4)13(10-14)6-5-12(3)9-13/h11-12H,5-10,14H2,1-4H3. The minimum Gasteiger partial charge on any atom is -0.377 e. The van der Waals surface area contributed by atoms with Crippen LogP contribution in [0.2, 0.25) is 0 Å². The van der Waals surface area contributed by atoms with Crippen molar-refractivity contribution in [3.63, 3.8) is 0 Å². The molecule has 2 N–H and O–H groups in total. The molecule has 2 atom stereocenters. The summed E-state index contributed by atoms with van der Waals surface area (Å²) in [6.07, 6.45) is 4.11. The fourth-order valence-corrected chi connectivity index (χ4v) is 2.72. The average Bonchev–Trinajstić information content (AvgIpc) is 2.60. The van der Waals surface area contributed by atoms with Crippen LogP contribution in [0, 0.1) is 5.92 Å². The maximum absolute atomic E-state index is 5.98. The molecular formula is C13H28N2O. The van der Waals surface area contributed by atoms with Gasteiger partial charge in [0, 0.05) is 18.6 Å². The third-order valence-corrected chi connectivity index (χ3v) is 3.90. The zero-order valence-electron chi connectivity index (χ0n) is 11.3. The van der Waals surface area contributed by atoms with E-state index < -0.39 is 0 Å². The Morgan fingerprint density at radius 1 is 1.50 bits per heavy atom. The van der Waals surface area contributed by atoms with Crippen molar-refractivity contribution in [3.8, 4) is 0 Å². The van der Waals surface area contributed by atoms with Crippen LogP contribution in [0.3, 0.4) is 0 Å².